The first-order chi connectivity index (χ1) is 7.84. The van der Waals surface area contributed by atoms with Gasteiger partial charge in [-0.15, -0.1) is 12.4 Å². The Bertz CT molecular complexity index is 192. The topological polar surface area (TPSA) is 55.1 Å². The number of hydrogen-bond donors (Lipinski definition) is 2. The Hall–Kier alpha value is -0.280. The van der Waals surface area contributed by atoms with Crippen LogP contribution in [0.15, 0.2) is 0 Å². The third-order valence-electron chi connectivity index (χ3n) is 3.41. The molecule has 0 aromatic heterocycles. The van der Waals surface area contributed by atoms with Crippen LogP contribution in [0.4, 0.5) is 0 Å². The first-order valence-electron chi connectivity index (χ1n) is 6.82. The molecule has 0 spiro atoms. The molecular weight excluding hydrogens is 236 g/mol. The van der Waals surface area contributed by atoms with Crippen molar-refractivity contribution in [3.63, 3.8) is 0 Å². The van der Waals surface area contributed by atoms with E-state index in [1.54, 1.807) is 0 Å². The van der Waals surface area contributed by atoms with Crippen LogP contribution in [-0.4, -0.2) is 19.0 Å². The largest absolute Gasteiger partial charge is 0.356 e. The van der Waals surface area contributed by atoms with Crippen LogP contribution >= 0.6 is 12.4 Å². The fourth-order valence-electron chi connectivity index (χ4n) is 2.34. The SMILES string of the molecule is Cl.NCCCCNC(=O)C1CCCCCCC1. The van der Waals surface area contributed by atoms with Gasteiger partial charge in [0.1, 0.15) is 0 Å². The highest BCUT2D eigenvalue weighted by atomic mass is 35.5. The summed E-state index contributed by atoms with van der Waals surface area (Å²) < 4.78 is 0. The summed E-state index contributed by atoms with van der Waals surface area (Å²) >= 11 is 0. The lowest BCUT2D eigenvalue weighted by Gasteiger charge is -2.19. The quantitative estimate of drug-likeness (QED) is 0.749. The Morgan fingerprint density at radius 1 is 1.06 bits per heavy atom. The highest BCUT2D eigenvalue weighted by Crippen LogP contribution is 2.22. The molecule has 3 nitrogen and oxygen atoms in total. The van der Waals surface area contributed by atoms with Crippen molar-refractivity contribution in [2.75, 3.05) is 13.1 Å². The molecule has 4 heteroatoms. The number of hydrogen-bond acceptors (Lipinski definition) is 2. The molecule has 0 saturated heterocycles. The third kappa shape index (κ3) is 7.61. The zero-order valence-electron chi connectivity index (χ0n) is 10.7. The summed E-state index contributed by atoms with van der Waals surface area (Å²) in [5.74, 6) is 0.553. The molecule has 1 amide bonds. The average Bonchev–Trinajstić information content (AvgIpc) is 2.23. The van der Waals surface area contributed by atoms with Crippen LogP contribution in [-0.2, 0) is 4.79 Å². The van der Waals surface area contributed by atoms with E-state index in [9.17, 15) is 4.79 Å². The second kappa shape index (κ2) is 10.8. The molecule has 17 heavy (non-hydrogen) atoms. The van der Waals surface area contributed by atoms with E-state index >= 15 is 0 Å². The number of carbonyl (C=O) groups is 1. The van der Waals surface area contributed by atoms with Crippen LogP contribution in [0, 0.1) is 5.92 Å². The normalized spacial score (nSPS) is 17.7. The van der Waals surface area contributed by atoms with Crippen LogP contribution in [0.25, 0.3) is 0 Å². The van der Waals surface area contributed by atoms with E-state index < -0.39 is 0 Å². The Balaban J connectivity index is 0.00000256. The van der Waals surface area contributed by atoms with Crippen molar-refractivity contribution in [2.24, 2.45) is 11.7 Å². The summed E-state index contributed by atoms with van der Waals surface area (Å²) in [6, 6.07) is 0. The zero-order valence-corrected chi connectivity index (χ0v) is 11.6. The minimum absolute atomic E-state index is 0. The Labute approximate surface area is 111 Å². The molecule has 0 unspecified atom stereocenters. The van der Waals surface area contributed by atoms with E-state index in [0.717, 1.165) is 38.8 Å². The molecular formula is C13H27ClN2O. The van der Waals surface area contributed by atoms with Crippen molar-refractivity contribution in [3.8, 4) is 0 Å². The maximum atomic E-state index is 11.9. The van der Waals surface area contributed by atoms with Crippen molar-refractivity contribution < 1.29 is 4.79 Å². The highest BCUT2D eigenvalue weighted by molar-refractivity contribution is 5.85. The minimum Gasteiger partial charge on any atom is -0.356 e. The molecule has 0 radical (unpaired) electrons. The predicted molar refractivity (Wildman–Crippen MR) is 74.4 cm³/mol. The fourth-order valence-corrected chi connectivity index (χ4v) is 2.34. The summed E-state index contributed by atoms with van der Waals surface area (Å²) in [7, 11) is 0. The van der Waals surface area contributed by atoms with E-state index in [2.05, 4.69) is 5.32 Å². The second-order valence-corrected chi connectivity index (χ2v) is 4.83. The molecule has 0 atom stereocenters. The summed E-state index contributed by atoms with van der Waals surface area (Å²) in [6.45, 7) is 1.52. The molecule has 0 heterocycles. The maximum absolute atomic E-state index is 11.9. The van der Waals surface area contributed by atoms with Gasteiger partial charge < -0.3 is 11.1 Å². The van der Waals surface area contributed by atoms with Crippen molar-refractivity contribution in [2.45, 2.75) is 57.8 Å². The van der Waals surface area contributed by atoms with Gasteiger partial charge in [0.05, 0.1) is 0 Å². The monoisotopic (exact) mass is 262 g/mol. The van der Waals surface area contributed by atoms with Gasteiger partial charge in [-0.25, -0.2) is 0 Å². The van der Waals surface area contributed by atoms with Gasteiger partial charge in [-0.2, -0.15) is 0 Å². The first kappa shape index (κ1) is 16.7. The Morgan fingerprint density at radius 2 is 1.65 bits per heavy atom. The van der Waals surface area contributed by atoms with Gasteiger partial charge >= 0.3 is 0 Å². The second-order valence-electron chi connectivity index (χ2n) is 4.83. The molecule has 1 aliphatic carbocycles. The summed E-state index contributed by atoms with van der Waals surface area (Å²) in [5.41, 5.74) is 5.41. The molecule has 1 rings (SSSR count). The Kier molecular flexibility index (Phi) is 10.7. The molecule has 3 N–H and O–H groups in total. The molecule has 0 aliphatic heterocycles. The number of nitrogens with one attached hydrogen (secondary N) is 1. The van der Waals surface area contributed by atoms with Crippen molar-refractivity contribution in [1.82, 2.24) is 5.32 Å². The molecule has 1 saturated carbocycles. The van der Waals surface area contributed by atoms with E-state index in [-0.39, 0.29) is 24.2 Å². The average molecular weight is 263 g/mol. The van der Waals surface area contributed by atoms with Crippen LogP contribution in [0.3, 0.4) is 0 Å². The van der Waals surface area contributed by atoms with Crippen molar-refractivity contribution >= 4 is 18.3 Å². The maximum Gasteiger partial charge on any atom is 0.223 e. The predicted octanol–water partition coefficient (Wildman–Crippen LogP) is 2.62. The van der Waals surface area contributed by atoms with E-state index in [1.807, 2.05) is 0 Å². The number of rotatable bonds is 5. The molecule has 0 bridgehead atoms. The molecule has 102 valence electrons. The fraction of sp³-hybridized carbons (Fsp3) is 0.923. The third-order valence-corrected chi connectivity index (χ3v) is 3.41. The van der Waals surface area contributed by atoms with Gasteiger partial charge in [0, 0.05) is 12.5 Å². The van der Waals surface area contributed by atoms with Crippen LogP contribution in [0.5, 0.6) is 0 Å². The summed E-state index contributed by atoms with van der Waals surface area (Å²) in [6.07, 6.45) is 10.6. The zero-order chi connectivity index (χ0) is 11.6. The van der Waals surface area contributed by atoms with Gasteiger partial charge in [0.25, 0.3) is 0 Å². The summed E-state index contributed by atoms with van der Waals surface area (Å²) in [4.78, 5) is 11.9. The minimum atomic E-state index is 0. The van der Waals surface area contributed by atoms with E-state index in [4.69, 9.17) is 5.73 Å². The number of nitrogens with two attached hydrogens (primary N) is 1. The molecule has 1 aliphatic rings. The van der Waals surface area contributed by atoms with Gasteiger partial charge in [0.2, 0.25) is 5.91 Å². The molecule has 0 aromatic rings. The van der Waals surface area contributed by atoms with Gasteiger partial charge in [-0.1, -0.05) is 32.1 Å². The van der Waals surface area contributed by atoms with E-state index in [1.165, 1.54) is 32.1 Å². The van der Waals surface area contributed by atoms with Gasteiger partial charge in [-0.05, 0) is 32.2 Å². The smallest absolute Gasteiger partial charge is 0.223 e. The highest BCUT2D eigenvalue weighted by Gasteiger charge is 2.18. The van der Waals surface area contributed by atoms with Crippen molar-refractivity contribution in [3.05, 3.63) is 0 Å². The number of carbonyl (C=O) groups excluding carboxylic acids is 1. The summed E-state index contributed by atoms with van der Waals surface area (Å²) in [5, 5.41) is 3.04. The number of unbranched alkanes of at least 4 members (excludes halogenated alkanes) is 1. The van der Waals surface area contributed by atoms with Crippen LogP contribution < -0.4 is 11.1 Å². The molecule has 0 aromatic carbocycles. The van der Waals surface area contributed by atoms with E-state index in [0.29, 0.717) is 0 Å². The lowest BCUT2D eigenvalue weighted by atomic mass is 9.90. The number of amides is 1. The molecule has 1 fully saturated rings. The van der Waals surface area contributed by atoms with Crippen LogP contribution in [0.2, 0.25) is 0 Å². The standard InChI is InChI=1S/C13H26N2O.ClH/c14-10-6-7-11-15-13(16)12-8-4-2-1-3-5-9-12;/h12H,1-11,14H2,(H,15,16);1H. The van der Waals surface area contributed by atoms with Crippen molar-refractivity contribution in [1.29, 1.82) is 0 Å². The Morgan fingerprint density at radius 3 is 2.24 bits per heavy atom. The first-order valence-corrected chi connectivity index (χ1v) is 6.82. The van der Waals surface area contributed by atoms with Gasteiger partial charge in [0.15, 0.2) is 0 Å². The van der Waals surface area contributed by atoms with Gasteiger partial charge in [-0.3, -0.25) is 4.79 Å². The lowest BCUT2D eigenvalue weighted by molar-refractivity contribution is -0.125. The lowest BCUT2D eigenvalue weighted by Crippen LogP contribution is -2.32. The number of halogens is 1. The van der Waals surface area contributed by atoms with Crippen LogP contribution in [0.1, 0.15) is 57.8 Å².